The van der Waals surface area contributed by atoms with Gasteiger partial charge in [0.05, 0.1) is 19.6 Å². The van der Waals surface area contributed by atoms with Crippen molar-refractivity contribution in [3.63, 3.8) is 0 Å². The zero-order chi connectivity index (χ0) is 19.2. The molecule has 2 amide bonds. The Labute approximate surface area is 154 Å². The SMILES string of the molecule is COC(=O)[C@@H]1[C@@H]2[C@H](CN1C(=O)[C@@H](NC(=O)C1CCOC1)C(C)C)C2(C)C. The number of carbonyl (C=O) groups is 3. The summed E-state index contributed by atoms with van der Waals surface area (Å²) in [5, 5.41) is 2.90. The summed E-state index contributed by atoms with van der Waals surface area (Å²) in [6.45, 7) is 9.58. The monoisotopic (exact) mass is 366 g/mol. The average molecular weight is 366 g/mol. The third-order valence-corrected chi connectivity index (χ3v) is 6.47. The van der Waals surface area contributed by atoms with Gasteiger partial charge >= 0.3 is 5.97 Å². The summed E-state index contributed by atoms with van der Waals surface area (Å²) in [6, 6.07) is -1.20. The Morgan fingerprint density at radius 1 is 1.27 bits per heavy atom. The molecule has 146 valence electrons. The minimum atomic E-state index is -0.643. The molecule has 2 saturated heterocycles. The van der Waals surface area contributed by atoms with Crippen molar-refractivity contribution in [2.24, 2.45) is 29.1 Å². The van der Waals surface area contributed by atoms with E-state index < -0.39 is 12.1 Å². The normalized spacial score (nSPS) is 32.9. The Kier molecular flexibility index (Phi) is 5.03. The van der Waals surface area contributed by atoms with Crippen LogP contribution in [0.5, 0.6) is 0 Å². The molecule has 0 radical (unpaired) electrons. The first kappa shape index (κ1) is 19.1. The highest BCUT2D eigenvalue weighted by Gasteiger charge is 2.70. The zero-order valence-corrected chi connectivity index (χ0v) is 16.3. The number of ether oxygens (including phenoxy) is 2. The van der Waals surface area contributed by atoms with E-state index in [9.17, 15) is 14.4 Å². The van der Waals surface area contributed by atoms with Crippen LogP contribution >= 0.6 is 0 Å². The van der Waals surface area contributed by atoms with Gasteiger partial charge in [-0.3, -0.25) is 9.59 Å². The minimum Gasteiger partial charge on any atom is -0.467 e. The van der Waals surface area contributed by atoms with Gasteiger partial charge in [0.15, 0.2) is 0 Å². The number of hydrogen-bond donors (Lipinski definition) is 1. The average Bonchev–Trinajstić information content (AvgIpc) is 3.07. The number of carbonyl (C=O) groups excluding carboxylic acids is 3. The van der Waals surface area contributed by atoms with Crippen LogP contribution in [-0.4, -0.2) is 61.6 Å². The second-order valence-corrected chi connectivity index (χ2v) is 8.70. The molecule has 1 N–H and O–H groups in total. The van der Waals surface area contributed by atoms with Crippen LogP contribution in [0.3, 0.4) is 0 Å². The Balaban J connectivity index is 1.74. The maximum absolute atomic E-state index is 13.2. The Hall–Kier alpha value is -1.63. The van der Waals surface area contributed by atoms with Gasteiger partial charge in [0.25, 0.3) is 0 Å². The number of nitrogens with one attached hydrogen (secondary N) is 1. The lowest BCUT2D eigenvalue weighted by molar-refractivity contribution is -0.154. The van der Waals surface area contributed by atoms with E-state index in [1.54, 1.807) is 4.90 Å². The molecule has 2 aliphatic heterocycles. The van der Waals surface area contributed by atoms with Crippen LogP contribution in [0.25, 0.3) is 0 Å². The summed E-state index contributed by atoms with van der Waals surface area (Å²) in [5.41, 5.74) is 0.0490. The van der Waals surface area contributed by atoms with E-state index >= 15 is 0 Å². The van der Waals surface area contributed by atoms with E-state index in [0.717, 1.165) is 0 Å². The highest BCUT2D eigenvalue weighted by atomic mass is 16.5. The first-order valence-corrected chi connectivity index (χ1v) is 9.46. The van der Waals surface area contributed by atoms with Crippen LogP contribution in [0.2, 0.25) is 0 Å². The number of hydrogen-bond acceptors (Lipinski definition) is 5. The van der Waals surface area contributed by atoms with E-state index in [-0.39, 0.29) is 41.0 Å². The van der Waals surface area contributed by atoms with Gasteiger partial charge in [-0.2, -0.15) is 0 Å². The maximum Gasteiger partial charge on any atom is 0.328 e. The number of rotatable bonds is 5. The summed E-state index contributed by atoms with van der Waals surface area (Å²) in [5.74, 6) is -0.537. The van der Waals surface area contributed by atoms with E-state index in [4.69, 9.17) is 9.47 Å². The fourth-order valence-electron chi connectivity index (χ4n) is 4.61. The van der Waals surface area contributed by atoms with E-state index in [0.29, 0.717) is 32.1 Å². The molecule has 0 aromatic heterocycles. The van der Waals surface area contributed by atoms with Gasteiger partial charge in [-0.25, -0.2) is 4.79 Å². The standard InChI is InChI=1S/C19H30N2O5/c1-10(2)14(20-16(22)11-6-7-26-9-11)17(23)21-8-12-13(19(12,3)4)15(21)18(24)25-5/h10-15H,6-9H2,1-5H3,(H,20,22)/t11?,12-,13-,14-,15-/m0/s1. The largest absolute Gasteiger partial charge is 0.467 e. The quantitative estimate of drug-likeness (QED) is 0.728. The van der Waals surface area contributed by atoms with Crippen LogP contribution in [0.1, 0.15) is 34.1 Å². The van der Waals surface area contributed by atoms with Crippen LogP contribution in [-0.2, 0) is 23.9 Å². The highest BCUT2D eigenvalue weighted by Crippen LogP contribution is 2.65. The fraction of sp³-hybridized carbons (Fsp3) is 0.842. The second-order valence-electron chi connectivity index (χ2n) is 8.70. The third-order valence-electron chi connectivity index (χ3n) is 6.47. The Morgan fingerprint density at radius 3 is 2.50 bits per heavy atom. The molecule has 26 heavy (non-hydrogen) atoms. The predicted molar refractivity (Wildman–Crippen MR) is 94.0 cm³/mol. The van der Waals surface area contributed by atoms with Gasteiger partial charge in [-0.15, -0.1) is 0 Å². The van der Waals surface area contributed by atoms with Crippen molar-refractivity contribution < 1.29 is 23.9 Å². The maximum atomic E-state index is 13.2. The smallest absolute Gasteiger partial charge is 0.328 e. The number of nitrogens with zero attached hydrogens (tertiary/aromatic N) is 1. The summed E-state index contributed by atoms with van der Waals surface area (Å²) in [6.07, 6.45) is 0.678. The Morgan fingerprint density at radius 2 is 1.96 bits per heavy atom. The highest BCUT2D eigenvalue weighted by molar-refractivity contribution is 5.92. The summed E-state index contributed by atoms with van der Waals surface area (Å²) < 4.78 is 10.2. The van der Waals surface area contributed by atoms with Gasteiger partial charge in [0, 0.05) is 19.1 Å². The van der Waals surface area contributed by atoms with Crippen molar-refractivity contribution in [2.45, 2.75) is 46.2 Å². The van der Waals surface area contributed by atoms with Crippen molar-refractivity contribution >= 4 is 17.8 Å². The van der Waals surface area contributed by atoms with E-state index in [1.165, 1.54) is 7.11 Å². The lowest BCUT2D eigenvalue weighted by Gasteiger charge is -2.33. The molecule has 7 heteroatoms. The van der Waals surface area contributed by atoms with Crippen LogP contribution in [0.4, 0.5) is 0 Å². The topological polar surface area (TPSA) is 84.9 Å². The fourth-order valence-corrected chi connectivity index (χ4v) is 4.61. The molecule has 2 heterocycles. The van der Waals surface area contributed by atoms with Crippen LogP contribution in [0.15, 0.2) is 0 Å². The van der Waals surface area contributed by atoms with Crippen molar-refractivity contribution in [3.8, 4) is 0 Å². The number of methoxy groups -OCH3 is 1. The molecule has 0 spiro atoms. The number of amides is 2. The molecule has 1 unspecified atom stereocenters. The number of piperidine rings is 1. The predicted octanol–water partition coefficient (Wildman–Crippen LogP) is 0.820. The molecule has 7 nitrogen and oxygen atoms in total. The molecule has 5 atom stereocenters. The first-order valence-electron chi connectivity index (χ1n) is 9.46. The molecule has 0 bridgehead atoms. The molecular formula is C19H30N2O5. The summed E-state index contributed by atoms with van der Waals surface area (Å²) >= 11 is 0. The number of esters is 1. The van der Waals surface area contributed by atoms with Gasteiger partial charge in [-0.05, 0) is 23.7 Å². The van der Waals surface area contributed by atoms with Gasteiger partial charge in [0.2, 0.25) is 11.8 Å². The molecule has 3 fully saturated rings. The van der Waals surface area contributed by atoms with Gasteiger partial charge < -0.3 is 19.7 Å². The Bertz CT molecular complexity index is 597. The zero-order valence-electron chi connectivity index (χ0n) is 16.3. The second kappa shape index (κ2) is 6.83. The van der Waals surface area contributed by atoms with Crippen molar-refractivity contribution in [1.29, 1.82) is 0 Å². The molecule has 1 saturated carbocycles. The van der Waals surface area contributed by atoms with Crippen LogP contribution in [0, 0.1) is 29.1 Å². The van der Waals surface area contributed by atoms with E-state index in [2.05, 4.69) is 19.2 Å². The summed E-state index contributed by atoms with van der Waals surface area (Å²) in [7, 11) is 1.36. The number of fused-ring (bicyclic) bond motifs is 1. The number of likely N-dealkylation sites (tertiary alicyclic amines) is 1. The third kappa shape index (κ3) is 3.10. The molecule has 1 aliphatic carbocycles. The van der Waals surface area contributed by atoms with Crippen LogP contribution < -0.4 is 5.32 Å². The van der Waals surface area contributed by atoms with E-state index in [1.807, 2.05) is 13.8 Å². The lowest BCUT2D eigenvalue weighted by Crippen LogP contribution is -2.56. The molecule has 3 aliphatic rings. The summed E-state index contributed by atoms with van der Waals surface area (Å²) in [4.78, 5) is 39.7. The molecule has 0 aromatic rings. The van der Waals surface area contributed by atoms with Crippen molar-refractivity contribution in [2.75, 3.05) is 26.9 Å². The minimum absolute atomic E-state index is 0.0490. The lowest BCUT2D eigenvalue weighted by atomic mass is 9.97. The van der Waals surface area contributed by atoms with Gasteiger partial charge in [0.1, 0.15) is 12.1 Å². The van der Waals surface area contributed by atoms with Crippen molar-refractivity contribution in [1.82, 2.24) is 10.2 Å². The van der Waals surface area contributed by atoms with Crippen molar-refractivity contribution in [3.05, 3.63) is 0 Å². The molecule has 3 rings (SSSR count). The first-order chi connectivity index (χ1) is 12.2. The molecule has 0 aromatic carbocycles. The molecular weight excluding hydrogens is 336 g/mol. The van der Waals surface area contributed by atoms with Gasteiger partial charge in [-0.1, -0.05) is 27.7 Å².